The molecule has 30 heavy (non-hydrogen) atoms. The molecule has 0 atom stereocenters. The minimum absolute atomic E-state index is 0.0316. The number of benzene rings is 2. The van der Waals surface area contributed by atoms with Crippen molar-refractivity contribution < 1.29 is 13.9 Å². The summed E-state index contributed by atoms with van der Waals surface area (Å²) in [5.74, 6) is 0.830. The Bertz CT molecular complexity index is 805. The number of hydrogen-bond donors (Lipinski definition) is 1. The average Bonchev–Trinajstić information content (AvgIpc) is 2.68. The predicted molar refractivity (Wildman–Crippen MR) is 124 cm³/mol. The Balaban J connectivity index is 1.70. The summed E-state index contributed by atoms with van der Waals surface area (Å²) >= 11 is 9.74. The number of rotatable bonds is 8. The molecule has 3 rings (SSSR count). The van der Waals surface area contributed by atoms with Crippen LogP contribution in [0.5, 0.6) is 11.5 Å². The Morgan fingerprint density at radius 1 is 1.10 bits per heavy atom. The fourth-order valence-electron chi connectivity index (χ4n) is 3.86. The molecule has 0 aliphatic heterocycles. The smallest absolute Gasteiger partial charge is 0.175 e. The van der Waals surface area contributed by atoms with Crippen LogP contribution in [0.2, 0.25) is 5.02 Å². The van der Waals surface area contributed by atoms with Gasteiger partial charge < -0.3 is 14.8 Å². The summed E-state index contributed by atoms with van der Waals surface area (Å²) in [6.45, 7) is 3.26. The summed E-state index contributed by atoms with van der Waals surface area (Å²) in [6.07, 6.45) is 9.14. The standard InChI is InChI=1S/C24H30BrClFNO2/c1-2-29-23-14-17(15-28-18-9-6-4-3-5-7-10-18)13-20(25)24(23)30-16-19-21(26)11-8-12-22(19)27/h8,11-14,18,28H,2-7,9-10,15-16H2,1H3. The number of hydrogen-bond acceptors (Lipinski definition) is 3. The Hall–Kier alpha value is -1.30. The lowest BCUT2D eigenvalue weighted by Crippen LogP contribution is -2.29. The van der Waals surface area contributed by atoms with E-state index >= 15 is 0 Å². The van der Waals surface area contributed by atoms with Gasteiger partial charge in [-0.2, -0.15) is 0 Å². The molecule has 164 valence electrons. The molecule has 0 radical (unpaired) electrons. The van der Waals surface area contributed by atoms with Crippen molar-refractivity contribution in [3.63, 3.8) is 0 Å². The molecule has 2 aromatic rings. The number of nitrogens with one attached hydrogen (secondary N) is 1. The first-order valence-electron chi connectivity index (χ1n) is 10.8. The van der Waals surface area contributed by atoms with E-state index in [9.17, 15) is 4.39 Å². The third kappa shape index (κ3) is 6.60. The molecule has 1 saturated carbocycles. The first kappa shape index (κ1) is 23.4. The Kier molecular flexibility index (Phi) is 9.28. The molecule has 1 fully saturated rings. The maximum Gasteiger partial charge on any atom is 0.175 e. The Morgan fingerprint density at radius 2 is 1.83 bits per heavy atom. The minimum Gasteiger partial charge on any atom is -0.490 e. The van der Waals surface area contributed by atoms with E-state index in [4.69, 9.17) is 21.1 Å². The summed E-state index contributed by atoms with van der Waals surface area (Å²) in [5, 5.41) is 4.06. The van der Waals surface area contributed by atoms with Gasteiger partial charge in [0.2, 0.25) is 0 Å². The van der Waals surface area contributed by atoms with E-state index in [0.29, 0.717) is 34.7 Å². The molecule has 0 spiro atoms. The molecule has 0 unspecified atom stereocenters. The monoisotopic (exact) mass is 497 g/mol. The molecular weight excluding hydrogens is 469 g/mol. The van der Waals surface area contributed by atoms with Crippen LogP contribution in [-0.4, -0.2) is 12.6 Å². The first-order valence-corrected chi connectivity index (χ1v) is 12.0. The summed E-state index contributed by atoms with van der Waals surface area (Å²) in [4.78, 5) is 0. The fourth-order valence-corrected chi connectivity index (χ4v) is 4.68. The lowest BCUT2D eigenvalue weighted by Gasteiger charge is -2.22. The van der Waals surface area contributed by atoms with E-state index in [0.717, 1.165) is 16.6 Å². The molecule has 6 heteroatoms. The maximum atomic E-state index is 14.1. The van der Waals surface area contributed by atoms with E-state index in [1.807, 2.05) is 19.1 Å². The van der Waals surface area contributed by atoms with Crippen LogP contribution in [0.4, 0.5) is 4.39 Å². The second-order valence-corrected chi connectivity index (χ2v) is 9.01. The van der Waals surface area contributed by atoms with Gasteiger partial charge in [0.05, 0.1) is 16.1 Å². The van der Waals surface area contributed by atoms with Gasteiger partial charge in [-0.15, -0.1) is 0 Å². The number of halogens is 3. The molecular formula is C24H30BrClFNO2. The predicted octanol–water partition coefficient (Wildman–Crippen LogP) is 7.42. The maximum absolute atomic E-state index is 14.1. The van der Waals surface area contributed by atoms with Crippen LogP contribution in [0.1, 0.15) is 63.0 Å². The van der Waals surface area contributed by atoms with Gasteiger partial charge in [-0.1, -0.05) is 49.8 Å². The zero-order chi connectivity index (χ0) is 21.3. The average molecular weight is 499 g/mol. The van der Waals surface area contributed by atoms with Crippen LogP contribution in [0.3, 0.4) is 0 Å². The van der Waals surface area contributed by atoms with Crippen molar-refractivity contribution in [1.29, 1.82) is 0 Å². The molecule has 3 nitrogen and oxygen atoms in total. The van der Waals surface area contributed by atoms with Gasteiger partial charge >= 0.3 is 0 Å². The van der Waals surface area contributed by atoms with Crippen LogP contribution in [0.25, 0.3) is 0 Å². The lowest BCUT2D eigenvalue weighted by atomic mass is 9.96. The zero-order valence-corrected chi connectivity index (χ0v) is 19.8. The topological polar surface area (TPSA) is 30.5 Å². The number of ether oxygens (including phenoxy) is 2. The fraction of sp³-hybridized carbons (Fsp3) is 0.500. The third-order valence-corrected chi connectivity index (χ3v) is 6.43. The second kappa shape index (κ2) is 11.9. The highest BCUT2D eigenvalue weighted by atomic mass is 79.9. The Morgan fingerprint density at radius 3 is 2.53 bits per heavy atom. The molecule has 0 bridgehead atoms. The van der Waals surface area contributed by atoms with E-state index in [1.165, 1.54) is 51.0 Å². The van der Waals surface area contributed by atoms with Gasteiger partial charge in [0, 0.05) is 18.2 Å². The van der Waals surface area contributed by atoms with Crippen molar-refractivity contribution in [3.05, 3.63) is 56.8 Å². The van der Waals surface area contributed by atoms with Gasteiger partial charge in [0.15, 0.2) is 11.5 Å². The Labute approximate surface area is 192 Å². The van der Waals surface area contributed by atoms with E-state index in [-0.39, 0.29) is 12.4 Å². The largest absolute Gasteiger partial charge is 0.490 e. The van der Waals surface area contributed by atoms with Crippen LogP contribution in [-0.2, 0) is 13.2 Å². The minimum atomic E-state index is -0.378. The van der Waals surface area contributed by atoms with Gasteiger partial charge in [0.25, 0.3) is 0 Å². The molecule has 2 aromatic carbocycles. The summed E-state index contributed by atoms with van der Waals surface area (Å²) in [6, 6.07) is 9.23. The lowest BCUT2D eigenvalue weighted by molar-refractivity contribution is 0.264. The molecule has 1 aliphatic rings. The normalized spacial score (nSPS) is 15.5. The molecule has 0 aromatic heterocycles. The van der Waals surface area contributed by atoms with Crippen molar-refractivity contribution in [3.8, 4) is 11.5 Å². The van der Waals surface area contributed by atoms with Gasteiger partial charge in [-0.05, 0) is 65.5 Å². The molecule has 0 heterocycles. The molecule has 0 saturated heterocycles. The highest BCUT2D eigenvalue weighted by Gasteiger charge is 2.16. The summed E-state index contributed by atoms with van der Waals surface area (Å²) in [7, 11) is 0. The third-order valence-electron chi connectivity index (χ3n) is 5.49. The van der Waals surface area contributed by atoms with Crippen molar-refractivity contribution in [1.82, 2.24) is 5.32 Å². The molecule has 1 N–H and O–H groups in total. The van der Waals surface area contributed by atoms with Crippen LogP contribution in [0.15, 0.2) is 34.8 Å². The highest BCUT2D eigenvalue weighted by Crippen LogP contribution is 2.38. The summed E-state index contributed by atoms with van der Waals surface area (Å²) in [5.41, 5.74) is 1.46. The van der Waals surface area contributed by atoms with Crippen molar-refractivity contribution in [2.75, 3.05) is 6.61 Å². The van der Waals surface area contributed by atoms with Gasteiger partial charge in [-0.3, -0.25) is 0 Å². The summed E-state index contributed by atoms with van der Waals surface area (Å²) < 4.78 is 26.6. The van der Waals surface area contributed by atoms with E-state index < -0.39 is 0 Å². The van der Waals surface area contributed by atoms with Gasteiger partial charge in [0.1, 0.15) is 12.4 Å². The first-order chi connectivity index (χ1) is 14.6. The molecule has 1 aliphatic carbocycles. The van der Waals surface area contributed by atoms with Gasteiger partial charge in [-0.25, -0.2) is 4.39 Å². The SMILES string of the molecule is CCOc1cc(CNC2CCCCCCC2)cc(Br)c1OCc1c(F)cccc1Cl. The van der Waals surface area contributed by atoms with Crippen molar-refractivity contribution in [2.45, 2.75) is 71.1 Å². The van der Waals surface area contributed by atoms with Crippen LogP contribution in [0, 0.1) is 5.82 Å². The second-order valence-electron chi connectivity index (χ2n) is 7.75. The van der Waals surface area contributed by atoms with Crippen LogP contribution < -0.4 is 14.8 Å². The quantitative estimate of drug-likeness (QED) is 0.411. The van der Waals surface area contributed by atoms with E-state index in [1.54, 1.807) is 12.1 Å². The molecule has 0 amide bonds. The zero-order valence-electron chi connectivity index (χ0n) is 17.5. The highest BCUT2D eigenvalue weighted by molar-refractivity contribution is 9.10. The van der Waals surface area contributed by atoms with E-state index in [2.05, 4.69) is 21.2 Å². The van der Waals surface area contributed by atoms with Crippen molar-refractivity contribution in [2.24, 2.45) is 0 Å². The van der Waals surface area contributed by atoms with Crippen LogP contribution >= 0.6 is 27.5 Å². The van der Waals surface area contributed by atoms with Crippen molar-refractivity contribution >= 4 is 27.5 Å².